The summed E-state index contributed by atoms with van der Waals surface area (Å²) in [5, 5.41) is 5.75. The third kappa shape index (κ3) is 7.19. The molecule has 3 aromatic rings. The van der Waals surface area contributed by atoms with Crippen LogP contribution in [-0.2, 0) is 16.0 Å². The maximum atomic E-state index is 13.3. The van der Waals surface area contributed by atoms with Crippen molar-refractivity contribution in [2.24, 2.45) is 5.92 Å². The molecule has 1 aromatic carbocycles. The molecular formula is C28H36N2O6S. The minimum atomic E-state index is -0.906. The number of nitrogens with zero attached hydrogens (tertiary/aromatic N) is 1. The Morgan fingerprint density at radius 2 is 1.95 bits per heavy atom. The summed E-state index contributed by atoms with van der Waals surface area (Å²) in [7, 11) is 0. The Kier molecular flexibility index (Phi) is 9.12. The second-order valence-corrected chi connectivity index (χ2v) is 11.3. The van der Waals surface area contributed by atoms with Gasteiger partial charge in [-0.25, -0.2) is 14.6 Å². The molecule has 0 aliphatic rings. The normalized spacial score (nSPS) is 13.3. The molecule has 9 heteroatoms. The van der Waals surface area contributed by atoms with Crippen LogP contribution < -0.4 is 15.5 Å². The highest BCUT2D eigenvalue weighted by molar-refractivity contribution is 7.09. The van der Waals surface area contributed by atoms with E-state index in [4.69, 9.17) is 13.9 Å². The third-order valence-corrected chi connectivity index (χ3v) is 6.77. The van der Waals surface area contributed by atoms with Gasteiger partial charge in [-0.2, -0.15) is 0 Å². The van der Waals surface area contributed by atoms with E-state index in [0.717, 1.165) is 23.4 Å². The standard InChI is InChI=1S/C28H36N2O6S/c1-8-10-11-18-12-19-23(34-14-20(25(19)31)21-15-37-17(4)29-21)13-22(18)35-26(32)24(16(3)9-2)30-27(33)36-28(5,6)7/h12-16,24H,8-11H2,1-7H3,(H,30,33). The molecule has 0 fully saturated rings. The molecule has 0 saturated carbocycles. The van der Waals surface area contributed by atoms with Crippen molar-refractivity contribution in [3.63, 3.8) is 0 Å². The topological polar surface area (TPSA) is 108 Å². The average molecular weight is 529 g/mol. The Balaban J connectivity index is 1.97. The van der Waals surface area contributed by atoms with Crippen LogP contribution in [0.3, 0.4) is 0 Å². The van der Waals surface area contributed by atoms with Gasteiger partial charge in [0.15, 0.2) is 0 Å². The summed E-state index contributed by atoms with van der Waals surface area (Å²) < 4.78 is 17.0. The number of rotatable bonds is 9. The third-order valence-electron chi connectivity index (χ3n) is 6.00. The van der Waals surface area contributed by atoms with Gasteiger partial charge in [0.05, 0.1) is 21.7 Å². The zero-order valence-corrected chi connectivity index (χ0v) is 23.4. The number of ether oxygens (including phenoxy) is 2. The number of carbonyl (C=O) groups is 2. The highest BCUT2D eigenvalue weighted by atomic mass is 32.1. The van der Waals surface area contributed by atoms with E-state index in [1.165, 1.54) is 17.6 Å². The van der Waals surface area contributed by atoms with Gasteiger partial charge in [0.2, 0.25) is 5.43 Å². The van der Waals surface area contributed by atoms with Crippen molar-refractivity contribution < 1.29 is 23.5 Å². The van der Waals surface area contributed by atoms with E-state index < -0.39 is 23.7 Å². The van der Waals surface area contributed by atoms with Gasteiger partial charge in [0.1, 0.15) is 29.2 Å². The van der Waals surface area contributed by atoms with Gasteiger partial charge >= 0.3 is 12.1 Å². The summed E-state index contributed by atoms with van der Waals surface area (Å²) in [5.41, 5.74) is 1.11. The van der Waals surface area contributed by atoms with Crippen LogP contribution in [0.1, 0.15) is 71.4 Å². The molecule has 1 N–H and O–H groups in total. The summed E-state index contributed by atoms with van der Waals surface area (Å²) in [5.74, 6) is -0.485. The Bertz CT molecular complexity index is 1320. The van der Waals surface area contributed by atoms with Crippen LogP contribution in [0.15, 0.2) is 33.0 Å². The number of benzene rings is 1. The average Bonchev–Trinajstić information content (AvgIpc) is 3.25. The van der Waals surface area contributed by atoms with E-state index in [0.29, 0.717) is 40.8 Å². The maximum Gasteiger partial charge on any atom is 0.408 e. The number of aromatic nitrogens is 1. The van der Waals surface area contributed by atoms with E-state index in [9.17, 15) is 14.4 Å². The molecule has 0 radical (unpaired) electrons. The van der Waals surface area contributed by atoms with Crippen molar-refractivity contribution in [3.8, 4) is 17.0 Å². The minimum absolute atomic E-state index is 0.189. The number of unbranched alkanes of at least 4 members (excludes halogenated alkanes) is 1. The van der Waals surface area contributed by atoms with E-state index >= 15 is 0 Å². The van der Waals surface area contributed by atoms with Crippen molar-refractivity contribution in [1.29, 1.82) is 0 Å². The molecule has 2 atom stereocenters. The van der Waals surface area contributed by atoms with E-state index in [2.05, 4.69) is 17.2 Å². The lowest BCUT2D eigenvalue weighted by atomic mass is 9.99. The number of carbonyl (C=O) groups excluding carboxylic acids is 2. The van der Waals surface area contributed by atoms with Crippen LogP contribution in [0.2, 0.25) is 0 Å². The van der Waals surface area contributed by atoms with Gasteiger partial charge in [-0.15, -0.1) is 11.3 Å². The maximum absolute atomic E-state index is 13.3. The fourth-order valence-electron chi connectivity index (χ4n) is 3.80. The van der Waals surface area contributed by atoms with Gasteiger partial charge in [-0.05, 0) is 58.1 Å². The summed E-state index contributed by atoms with van der Waals surface area (Å²) >= 11 is 1.46. The van der Waals surface area contributed by atoms with Crippen molar-refractivity contribution in [2.75, 3.05) is 0 Å². The number of alkyl carbamates (subject to hydrolysis) is 1. The Hall–Kier alpha value is -3.20. The van der Waals surface area contributed by atoms with Gasteiger partial charge in [0, 0.05) is 11.4 Å². The first-order valence-corrected chi connectivity index (χ1v) is 13.5. The SMILES string of the molecule is CCCCc1cc2c(=O)c(-c3csc(C)n3)coc2cc1OC(=O)C(NC(=O)OC(C)(C)C)C(C)CC. The monoisotopic (exact) mass is 528 g/mol. The molecule has 2 aromatic heterocycles. The van der Waals surface area contributed by atoms with Crippen LogP contribution >= 0.6 is 11.3 Å². The number of aryl methyl sites for hydroxylation is 2. The molecule has 0 saturated heterocycles. The first kappa shape index (κ1) is 28.4. The number of nitrogens with one attached hydrogen (secondary N) is 1. The first-order chi connectivity index (χ1) is 17.4. The summed E-state index contributed by atoms with van der Waals surface area (Å²) in [4.78, 5) is 43.4. The zero-order valence-electron chi connectivity index (χ0n) is 22.6. The molecular weight excluding hydrogens is 492 g/mol. The molecule has 200 valence electrons. The lowest BCUT2D eigenvalue weighted by Gasteiger charge is -2.26. The Labute approximate surface area is 221 Å². The van der Waals surface area contributed by atoms with Gasteiger partial charge < -0.3 is 19.2 Å². The fraction of sp³-hybridized carbons (Fsp3) is 0.500. The molecule has 3 rings (SSSR count). The Morgan fingerprint density at radius 3 is 2.54 bits per heavy atom. The smallest absolute Gasteiger partial charge is 0.408 e. The second-order valence-electron chi connectivity index (χ2n) is 10.2. The van der Waals surface area contributed by atoms with Gasteiger partial charge in [0.25, 0.3) is 0 Å². The first-order valence-electron chi connectivity index (χ1n) is 12.7. The fourth-order valence-corrected chi connectivity index (χ4v) is 4.41. The summed E-state index contributed by atoms with van der Waals surface area (Å²) in [6, 6.07) is 2.41. The highest BCUT2D eigenvalue weighted by Crippen LogP contribution is 2.29. The molecule has 0 aliphatic heterocycles. The van der Waals surface area contributed by atoms with Crippen LogP contribution in [0, 0.1) is 12.8 Å². The second kappa shape index (κ2) is 11.9. The van der Waals surface area contributed by atoms with Crippen molar-refractivity contribution in [2.45, 2.75) is 85.8 Å². The van der Waals surface area contributed by atoms with Crippen LogP contribution in [0.4, 0.5) is 4.79 Å². The van der Waals surface area contributed by atoms with Crippen LogP contribution in [0.25, 0.3) is 22.2 Å². The number of hydrogen-bond acceptors (Lipinski definition) is 8. The molecule has 0 bridgehead atoms. The predicted octanol–water partition coefficient (Wildman–Crippen LogP) is 6.41. The van der Waals surface area contributed by atoms with Crippen molar-refractivity contribution >= 4 is 34.4 Å². The Morgan fingerprint density at radius 1 is 1.22 bits per heavy atom. The number of hydrogen-bond donors (Lipinski definition) is 1. The molecule has 1 amide bonds. The van der Waals surface area contributed by atoms with Crippen molar-refractivity contribution in [3.05, 3.63) is 44.6 Å². The van der Waals surface area contributed by atoms with E-state index in [1.54, 1.807) is 32.9 Å². The number of fused-ring (bicyclic) bond motifs is 1. The molecule has 37 heavy (non-hydrogen) atoms. The molecule has 2 unspecified atom stereocenters. The zero-order chi connectivity index (χ0) is 27.3. The largest absolute Gasteiger partial charge is 0.463 e. The summed E-state index contributed by atoms with van der Waals surface area (Å²) in [6.07, 6.45) is 3.73. The van der Waals surface area contributed by atoms with Crippen LogP contribution in [0.5, 0.6) is 5.75 Å². The van der Waals surface area contributed by atoms with Crippen molar-refractivity contribution in [1.82, 2.24) is 10.3 Å². The predicted molar refractivity (Wildman–Crippen MR) is 145 cm³/mol. The van der Waals surface area contributed by atoms with Gasteiger partial charge in [-0.1, -0.05) is 33.6 Å². The van der Waals surface area contributed by atoms with Gasteiger partial charge in [-0.3, -0.25) is 4.79 Å². The number of esters is 1. The number of thiazole rings is 1. The lowest BCUT2D eigenvalue weighted by molar-refractivity contribution is -0.138. The van der Waals surface area contributed by atoms with E-state index in [1.807, 2.05) is 26.2 Å². The highest BCUT2D eigenvalue weighted by Gasteiger charge is 2.30. The lowest BCUT2D eigenvalue weighted by Crippen LogP contribution is -2.48. The molecule has 0 spiro atoms. The van der Waals surface area contributed by atoms with E-state index in [-0.39, 0.29) is 11.3 Å². The molecule has 8 nitrogen and oxygen atoms in total. The molecule has 2 heterocycles. The number of amides is 1. The summed E-state index contributed by atoms with van der Waals surface area (Å²) in [6.45, 7) is 13.0. The molecule has 0 aliphatic carbocycles. The quantitative estimate of drug-likeness (QED) is 0.252. The minimum Gasteiger partial charge on any atom is -0.463 e. The van der Waals surface area contributed by atoms with Crippen LogP contribution in [-0.4, -0.2) is 28.7 Å².